The quantitative estimate of drug-likeness (QED) is 0.620. The van der Waals surface area contributed by atoms with Crippen molar-refractivity contribution in [2.24, 2.45) is 4.99 Å². The third kappa shape index (κ3) is 5.05. The Bertz CT molecular complexity index is 1350. The van der Waals surface area contributed by atoms with E-state index in [4.69, 9.17) is 16.6 Å². The Kier molecular flexibility index (Phi) is 7.28. The van der Waals surface area contributed by atoms with Crippen LogP contribution in [0.5, 0.6) is 0 Å². The van der Waals surface area contributed by atoms with Crippen molar-refractivity contribution in [1.29, 1.82) is 0 Å². The second-order valence-electron chi connectivity index (χ2n) is 9.66. The molecule has 2 heterocycles. The van der Waals surface area contributed by atoms with Crippen LogP contribution in [0, 0.1) is 13.8 Å². The fourth-order valence-corrected chi connectivity index (χ4v) is 6.37. The maximum absolute atomic E-state index is 13.1. The molecule has 2 aromatic carbocycles. The summed E-state index contributed by atoms with van der Waals surface area (Å²) in [7, 11) is -0.129. The zero-order valence-corrected chi connectivity index (χ0v) is 22.5. The number of halogens is 1. The summed E-state index contributed by atoms with van der Waals surface area (Å²) in [4.78, 5) is 31.3. The Morgan fingerprint density at radius 3 is 2.50 bits per heavy atom. The molecule has 2 aliphatic heterocycles. The molecule has 0 unspecified atom stereocenters. The Morgan fingerprint density at radius 2 is 1.86 bits per heavy atom. The second kappa shape index (κ2) is 9.95. The number of aliphatic imine (C=N–C) groups is 1. The van der Waals surface area contributed by atoms with Crippen LogP contribution < -0.4 is 5.32 Å². The van der Waals surface area contributed by atoms with Crippen LogP contribution in [0.15, 0.2) is 41.4 Å². The molecule has 1 saturated heterocycles. The van der Waals surface area contributed by atoms with Crippen molar-refractivity contribution in [3.05, 3.63) is 69.2 Å². The molecule has 2 aromatic rings. The summed E-state index contributed by atoms with van der Waals surface area (Å²) in [6.45, 7) is 4.23. The van der Waals surface area contributed by atoms with Gasteiger partial charge in [-0.15, -0.1) is 0 Å². The van der Waals surface area contributed by atoms with Gasteiger partial charge in [0, 0.05) is 43.3 Å². The van der Waals surface area contributed by atoms with Crippen LogP contribution in [0.25, 0.3) is 0 Å². The average Bonchev–Trinajstić information content (AvgIpc) is 3.14. The number of hydrogen-bond acceptors (Lipinski definition) is 5. The lowest BCUT2D eigenvalue weighted by molar-refractivity contribution is -0.124. The number of carbonyl (C=O) groups excluding carboxylic acids is 2. The van der Waals surface area contributed by atoms with Gasteiger partial charge in [0.25, 0.3) is 11.8 Å². The van der Waals surface area contributed by atoms with Crippen LogP contribution >= 0.6 is 11.6 Å². The fraction of sp³-hybridized carbons (Fsp3) is 0.423. The third-order valence-corrected chi connectivity index (χ3v) is 9.35. The van der Waals surface area contributed by atoms with Crippen molar-refractivity contribution >= 4 is 39.3 Å². The van der Waals surface area contributed by atoms with E-state index in [1.54, 1.807) is 32.3 Å². The van der Waals surface area contributed by atoms with Crippen LogP contribution in [-0.4, -0.2) is 73.7 Å². The molecule has 1 N–H and O–H groups in total. The maximum atomic E-state index is 13.1. The first-order valence-corrected chi connectivity index (χ1v) is 13.9. The number of nitrogens with zero attached hydrogens (tertiary/aromatic N) is 3. The van der Waals surface area contributed by atoms with Crippen LogP contribution in [0.4, 0.5) is 0 Å². The first-order chi connectivity index (χ1) is 16.9. The van der Waals surface area contributed by atoms with Gasteiger partial charge in [-0.3, -0.25) is 14.6 Å². The summed E-state index contributed by atoms with van der Waals surface area (Å²) in [5, 5.41) is 3.48. The molecule has 192 valence electrons. The molecule has 0 aliphatic carbocycles. The SMILES string of the molecule is Cc1cc(C(=O)N(C)C)ccc1CCS(=O)(=O)N1CCC2(CC1)N=C(c1cccc(Cl)c1C)NC2=O. The Morgan fingerprint density at radius 1 is 1.17 bits per heavy atom. The molecule has 1 fully saturated rings. The minimum atomic E-state index is -3.52. The average molecular weight is 531 g/mol. The number of piperidine rings is 1. The van der Waals surface area contributed by atoms with E-state index in [1.807, 2.05) is 32.0 Å². The van der Waals surface area contributed by atoms with Gasteiger partial charge in [-0.25, -0.2) is 12.7 Å². The molecule has 0 saturated carbocycles. The number of amidine groups is 1. The number of aryl methyl sites for hydroxylation is 2. The number of rotatable bonds is 6. The van der Waals surface area contributed by atoms with Crippen molar-refractivity contribution in [2.45, 2.75) is 38.6 Å². The maximum Gasteiger partial charge on any atom is 0.253 e. The standard InChI is InChI=1S/C26H31ClN4O4S/c1-17-16-20(24(32)30(3)4)9-8-19(17)10-15-36(34,35)31-13-11-26(12-14-31)25(33)28-23(29-26)21-6-5-7-22(27)18(21)2/h5-9,16H,10-15H2,1-4H3,(H,28,29,33). The van der Waals surface area contributed by atoms with Crippen LogP contribution in [-0.2, 0) is 21.2 Å². The first-order valence-electron chi connectivity index (χ1n) is 11.9. The number of carbonyl (C=O) groups is 2. The molecular weight excluding hydrogens is 500 g/mol. The summed E-state index contributed by atoms with van der Waals surface area (Å²) in [5.74, 6) is 0.163. The minimum absolute atomic E-state index is 0.0375. The Balaban J connectivity index is 1.42. The monoisotopic (exact) mass is 530 g/mol. The van der Waals surface area contributed by atoms with E-state index in [1.165, 1.54) is 9.21 Å². The Labute approximate surface area is 217 Å². The van der Waals surface area contributed by atoms with E-state index in [0.717, 1.165) is 22.3 Å². The molecule has 0 radical (unpaired) electrons. The highest BCUT2D eigenvalue weighted by Gasteiger charge is 2.47. The van der Waals surface area contributed by atoms with E-state index in [-0.39, 0.29) is 30.7 Å². The number of sulfonamides is 1. The lowest BCUT2D eigenvalue weighted by Crippen LogP contribution is -2.50. The molecule has 1 spiro atoms. The number of benzene rings is 2. The van der Waals surface area contributed by atoms with Gasteiger partial charge in [-0.05, 0) is 68.0 Å². The zero-order valence-electron chi connectivity index (χ0n) is 21.0. The summed E-state index contributed by atoms with van der Waals surface area (Å²) in [6, 6.07) is 10.8. The van der Waals surface area contributed by atoms with Gasteiger partial charge >= 0.3 is 0 Å². The largest absolute Gasteiger partial charge is 0.345 e. The second-order valence-corrected chi connectivity index (χ2v) is 12.2. The lowest BCUT2D eigenvalue weighted by Gasteiger charge is -2.34. The summed E-state index contributed by atoms with van der Waals surface area (Å²) < 4.78 is 27.7. The minimum Gasteiger partial charge on any atom is -0.345 e. The van der Waals surface area contributed by atoms with Gasteiger partial charge in [-0.2, -0.15) is 0 Å². The molecule has 0 bridgehead atoms. The molecule has 8 nitrogen and oxygen atoms in total. The molecule has 0 aromatic heterocycles. The number of amides is 2. The van der Waals surface area contributed by atoms with Crippen molar-refractivity contribution in [1.82, 2.24) is 14.5 Å². The van der Waals surface area contributed by atoms with E-state index in [9.17, 15) is 18.0 Å². The van der Waals surface area contributed by atoms with Gasteiger partial charge in [0.1, 0.15) is 11.4 Å². The highest BCUT2D eigenvalue weighted by Crippen LogP contribution is 2.33. The number of nitrogens with one attached hydrogen (secondary N) is 1. The van der Waals surface area contributed by atoms with Crippen LogP contribution in [0.1, 0.15) is 45.5 Å². The predicted octanol–water partition coefficient (Wildman–Crippen LogP) is 2.94. The third-order valence-electron chi connectivity index (χ3n) is 7.07. The molecule has 4 rings (SSSR count). The zero-order chi connectivity index (χ0) is 26.3. The lowest BCUT2D eigenvalue weighted by atomic mass is 9.89. The molecule has 36 heavy (non-hydrogen) atoms. The summed E-state index contributed by atoms with van der Waals surface area (Å²) in [5.41, 5.74) is 3.01. The van der Waals surface area contributed by atoms with Crippen LogP contribution in [0.2, 0.25) is 5.02 Å². The topological polar surface area (TPSA) is 99.2 Å². The van der Waals surface area contributed by atoms with E-state index in [2.05, 4.69) is 5.32 Å². The normalized spacial score (nSPS) is 17.7. The van der Waals surface area contributed by atoms with E-state index >= 15 is 0 Å². The van der Waals surface area contributed by atoms with Gasteiger partial charge in [0.05, 0.1) is 5.75 Å². The molecule has 2 amide bonds. The van der Waals surface area contributed by atoms with E-state index in [0.29, 0.717) is 35.7 Å². The molecular formula is C26H31ClN4O4S. The van der Waals surface area contributed by atoms with Crippen LogP contribution in [0.3, 0.4) is 0 Å². The first kappa shape index (κ1) is 26.3. The highest BCUT2D eigenvalue weighted by molar-refractivity contribution is 7.89. The van der Waals surface area contributed by atoms with Crippen molar-refractivity contribution in [2.75, 3.05) is 32.9 Å². The van der Waals surface area contributed by atoms with E-state index < -0.39 is 15.6 Å². The smallest absolute Gasteiger partial charge is 0.253 e. The summed E-state index contributed by atoms with van der Waals surface area (Å²) in [6.07, 6.45) is 0.992. The van der Waals surface area contributed by atoms with Gasteiger partial charge in [0.15, 0.2) is 0 Å². The van der Waals surface area contributed by atoms with Crippen molar-refractivity contribution in [3.8, 4) is 0 Å². The highest BCUT2D eigenvalue weighted by atomic mass is 35.5. The Hall–Kier alpha value is -2.75. The molecule has 0 atom stereocenters. The summed E-state index contributed by atoms with van der Waals surface area (Å²) >= 11 is 6.23. The van der Waals surface area contributed by atoms with Gasteiger partial charge < -0.3 is 10.2 Å². The molecule has 10 heteroatoms. The van der Waals surface area contributed by atoms with Gasteiger partial charge in [-0.1, -0.05) is 29.8 Å². The van der Waals surface area contributed by atoms with Crippen molar-refractivity contribution < 1.29 is 18.0 Å². The predicted molar refractivity (Wildman–Crippen MR) is 141 cm³/mol. The fourth-order valence-electron chi connectivity index (χ4n) is 4.72. The van der Waals surface area contributed by atoms with Gasteiger partial charge in [0.2, 0.25) is 10.0 Å². The molecule has 2 aliphatic rings. The number of hydrogen-bond donors (Lipinski definition) is 1. The van der Waals surface area contributed by atoms with Crippen molar-refractivity contribution in [3.63, 3.8) is 0 Å².